The van der Waals surface area contributed by atoms with Gasteiger partial charge in [-0.1, -0.05) is 78.4 Å². The Balaban J connectivity index is 1.39. The largest absolute Gasteiger partial charge is 0.434 e. The molecular formula is C37H42ClN5O7S. The molecule has 1 aromatic heterocycles. The van der Waals surface area contributed by atoms with E-state index in [-0.39, 0.29) is 38.3 Å². The number of rotatable bonds is 17. The van der Waals surface area contributed by atoms with Crippen molar-refractivity contribution in [1.82, 2.24) is 19.9 Å². The lowest BCUT2D eigenvalue weighted by molar-refractivity contribution is -0.140. The lowest BCUT2D eigenvalue weighted by Crippen LogP contribution is -2.55. The van der Waals surface area contributed by atoms with E-state index in [2.05, 4.69) is 15.0 Å². The summed E-state index contributed by atoms with van der Waals surface area (Å²) in [6.45, 7) is 0.620. The number of sulfonamides is 1. The summed E-state index contributed by atoms with van der Waals surface area (Å²) in [5.74, 6) is -1.83. The zero-order chi connectivity index (χ0) is 36.4. The second kappa shape index (κ2) is 17.7. The molecule has 2 amide bonds. The van der Waals surface area contributed by atoms with Gasteiger partial charge < -0.3 is 25.1 Å². The molecule has 270 valence electrons. The fourth-order valence-corrected chi connectivity index (χ4v) is 6.76. The first kappa shape index (κ1) is 37.8. The Bertz CT molecular complexity index is 1900. The first-order chi connectivity index (χ1) is 24.5. The van der Waals surface area contributed by atoms with Gasteiger partial charge in [0, 0.05) is 18.0 Å². The molecule has 12 nitrogen and oxygen atoms in total. The molecule has 0 bridgehead atoms. The van der Waals surface area contributed by atoms with Gasteiger partial charge in [0.15, 0.2) is 5.58 Å². The molecule has 14 heteroatoms. The highest BCUT2D eigenvalue weighted by molar-refractivity contribution is 7.88. The number of unbranched alkanes of at least 4 members (excludes halogenated alkanes) is 1. The highest BCUT2D eigenvalue weighted by atomic mass is 35.5. The zero-order valence-electron chi connectivity index (χ0n) is 28.2. The number of halogens is 1. The number of ether oxygens (including phenoxy) is 1. The molecular weight excluding hydrogens is 694 g/mol. The second-order valence-electron chi connectivity index (χ2n) is 12.5. The summed E-state index contributed by atoms with van der Waals surface area (Å²) in [4.78, 5) is 47.7. The van der Waals surface area contributed by atoms with Crippen LogP contribution in [0.2, 0.25) is 5.02 Å². The number of aromatic nitrogens is 1. The molecule has 0 saturated carbocycles. The van der Waals surface area contributed by atoms with Crippen molar-refractivity contribution in [2.24, 2.45) is 5.73 Å². The highest BCUT2D eigenvalue weighted by Gasteiger charge is 2.43. The Morgan fingerprint density at radius 3 is 2.47 bits per heavy atom. The molecule has 2 heterocycles. The van der Waals surface area contributed by atoms with Gasteiger partial charge >= 0.3 is 0 Å². The van der Waals surface area contributed by atoms with E-state index in [9.17, 15) is 22.8 Å². The number of carbonyl (C=O) groups excluding carboxylic acids is 3. The summed E-state index contributed by atoms with van der Waals surface area (Å²) in [6.07, 6.45) is 5.48. The van der Waals surface area contributed by atoms with Crippen LogP contribution < -0.4 is 15.8 Å². The predicted molar refractivity (Wildman–Crippen MR) is 195 cm³/mol. The van der Waals surface area contributed by atoms with Gasteiger partial charge in [0.1, 0.15) is 17.6 Å². The normalized spacial score (nSPS) is 17.5. The molecule has 0 aliphatic carbocycles. The maximum atomic E-state index is 14.2. The Labute approximate surface area is 302 Å². The van der Waals surface area contributed by atoms with Crippen molar-refractivity contribution in [2.45, 2.75) is 62.9 Å². The third kappa shape index (κ3) is 10.8. The van der Waals surface area contributed by atoms with Crippen molar-refractivity contribution in [3.63, 3.8) is 0 Å². The summed E-state index contributed by atoms with van der Waals surface area (Å²) < 4.78 is 39.2. The molecule has 1 aliphatic rings. The van der Waals surface area contributed by atoms with Crippen molar-refractivity contribution < 1.29 is 32.0 Å². The van der Waals surface area contributed by atoms with Crippen LogP contribution in [0.4, 0.5) is 0 Å². The number of Topliss-reactive ketones (excluding diaryl/α,β-unsaturated/α-hetero) is 1. The number of para-hydroxylation sites is 2. The van der Waals surface area contributed by atoms with E-state index in [1.54, 1.807) is 48.6 Å². The quantitative estimate of drug-likeness (QED) is 0.104. The lowest BCUT2D eigenvalue weighted by Gasteiger charge is -2.29. The van der Waals surface area contributed by atoms with Crippen molar-refractivity contribution in [3.05, 3.63) is 107 Å². The van der Waals surface area contributed by atoms with E-state index in [4.69, 9.17) is 26.5 Å². The van der Waals surface area contributed by atoms with Crippen molar-refractivity contribution >= 4 is 56.4 Å². The van der Waals surface area contributed by atoms with Crippen LogP contribution in [0, 0.1) is 0 Å². The molecule has 4 aromatic rings. The number of hydrogen-bond donors (Lipinski definition) is 3. The zero-order valence-corrected chi connectivity index (χ0v) is 29.8. The minimum atomic E-state index is -3.83. The number of hydrogen-bond acceptors (Lipinski definition) is 9. The molecule has 0 spiro atoms. The lowest BCUT2D eigenvalue weighted by atomic mass is 10.0. The standard InChI is InChI=1S/C37H42ClN5O7S/c1-51(47,48)42-31(15-9-12-25-10-3-2-4-11-25)37(46)43-23-28(49-24-26-17-19-27(38)20-18-26)22-32(43)35(45)40-30(14-7-8-21-39)34(44)36-41-29-13-5-6-16-33(29)50-36/h2-6,9-13,16-20,28,30-32,42H,7-8,14-15,21-24,39H2,1H3,(H,40,45)/t28-,30+,31-,32+/m1/s1. The average molecular weight is 736 g/mol. The van der Waals surface area contributed by atoms with Crippen molar-refractivity contribution in [1.29, 1.82) is 0 Å². The Hall–Kier alpha value is -4.40. The number of nitrogens with one attached hydrogen (secondary N) is 2. The highest BCUT2D eigenvalue weighted by Crippen LogP contribution is 2.25. The molecule has 51 heavy (non-hydrogen) atoms. The first-order valence-corrected chi connectivity index (χ1v) is 19.0. The molecule has 4 N–H and O–H groups in total. The Morgan fingerprint density at radius 2 is 1.76 bits per heavy atom. The maximum absolute atomic E-state index is 14.2. The number of carbonyl (C=O) groups is 3. The second-order valence-corrected chi connectivity index (χ2v) is 14.7. The van der Waals surface area contributed by atoms with Crippen LogP contribution in [0.1, 0.15) is 53.9 Å². The molecule has 4 atom stereocenters. The van der Waals surface area contributed by atoms with Crippen LogP contribution >= 0.6 is 11.6 Å². The minimum absolute atomic E-state index is 0.0196. The monoisotopic (exact) mass is 735 g/mol. The number of ketones is 1. The molecule has 1 saturated heterocycles. The number of nitrogens with two attached hydrogens (primary N) is 1. The maximum Gasteiger partial charge on any atom is 0.266 e. The van der Waals surface area contributed by atoms with Gasteiger partial charge in [0.25, 0.3) is 5.89 Å². The van der Waals surface area contributed by atoms with Gasteiger partial charge in [-0.2, -0.15) is 0 Å². The molecule has 1 aliphatic heterocycles. The van der Waals surface area contributed by atoms with E-state index >= 15 is 0 Å². The van der Waals surface area contributed by atoms with Crippen molar-refractivity contribution in [2.75, 3.05) is 19.3 Å². The van der Waals surface area contributed by atoms with E-state index < -0.39 is 51.9 Å². The number of oxazole rings is 1. The Kier molecular flexibility index (Phi) is 13.1. The summed E-state index contributed by atoms with van der Waals surface area (Å²) >= 11 is 6.03. The van der Waals surface area contributed by atoms with Crippen LogP contribution in [0.25, 0.3) is 17.2 Å². The van der Waals surface area contributed by atoms with E-state index in [0.717, 1.165) is 17.4 Å². The number of nitrogens with zero attached hydrogens (tertiary/aromatic N) is 2. The predicted octanol–water partition coefficient (Wildman–Crippen LogP) is 4.49. The number of likely N-dealkylation sites (tertiary alicyclic amines) is 1. The third-order valence-electron chi connectivity index (χ3n) is 8.47. The van der Waals surface area contributed by atoms with E-state index in [0.29, 0.717) is 35.5 Å². The van der Waals surface area contributed by atoms with Gasteiger partial charge in [-0.3, -0.25) is 14.4 Å². The van der Waals surface area contributed by atoms with Gasteiger partial charge in [-0.25, -0.2) is 18.1 Å². The SMILES string of the molecule is CS(=O)(=O)N[C@H](CC=Cc1ccccc1)C(=O)N1C[C@H](OCc2ccc(Cl)cc2)C[C@H]1C(=O)N[C@@H](CCCCN)C(=O)c1nc2ccccc2o1. The smallest absolute Gasteiger partial charge is 0.266 e. The van der Waals surface area contributed by atoms with Crippen LogP contribution in [0.5, 0.6) is 0 Å². The summed E-state index contributed by atoms with van der Waals surface area (Å²) in [5.41, 5.74) is 8.38. The van der Waals surface area contributed by atoms with Crippen molar-refractivity contribution in [3.8, 4) is 0 Å². The van der Waals surface area contributed by atoms with Crippen LogP contribution in [0.15, 0.2) is 89.4 Å². The molecule has 3 aromatic carbocycles. The van der Waals surface area contributed by atoms with E-state index in [1.165, 1.54) is 4.90 Å². The first-order valence-electron chi connectivity index (χ1n) is 16.8. The Morgan fingerprint density at radius 1 is 1.04 bits per heavy atom. The summed E-state index contributed by atoms with van der Waals surface area (Å²) in [5, 5.41) is 3.43. The molecule has 0 unspecified atom stereocenters. The third-order valence-corrected chi connectivity index (χ3v) is 9.43. The molecule has 1 fully saturated rings. The topological polar surface area (TPSA) is 174 Å². The molecule has 0 radical (unpaired) electrons. The number of fused-ring (bicyclic) bond motifs is 1. The molecule has 5 rings (SSSR count). The van der Waals surface area contributed by atoms with Gasteiger partial charge in [-0.05, 0) is 67.6 Å². The number of benzene rings is 3. The fourth-order valence-electron chi connectivity index (χ4n) is 5.92. The average Bonchev–Trinajstić information content (AvgIpc) is 3.75. The van der Waals surface area contributed by atoms with Gasteiger partial charge in [-0.15, -0.1) is 0 Å². The van der Waals surface area contributed by atoms with Gasteiger partial charge in [0.2, 0.25) is 27.6 Å². The fraction of sp³-hybridized carbons (Fsp3) is 0.351. The van der Waals surface area contributed by atoms with Gasteiger partial charge in [0.05, 0.1) is 25.0 Å². The van der Waals surface area contributed by atoms with Crippen LogP contribution in [0.3, 0.4) is 0 Å². The van der Waals surface area contributed by atoms with Crippen LogP contribution in [-0.2, 0) is 31.0 Å². The van der Waals surface area contributed by atoms with E-state index in [1.807, 2.05) is 42.5 Å². The minimum Gasteiger partial charge on any atom is -0.434 e. The summed E-state index contributed by atoms with van der Waals surface area (Å²) in [6, 6.07) is 20.2. The summed E-state index contributed by atoms with van der Waals surface area (Å²) in [7, 11) is -3.83. The van der Waals surface area contributed by atoms with Crippen LogP contribution in [-0.4, -0.2) is 79.5 Å². The number of amides is 2.